The number of fused-ring (bicyclic) bond motifs is 1. The number of anilines is 1. The molecule has 3 aromatic carbocycles. The Balaban J connectivity index is 1.84. The molecule has 0 aliphatic heterocycles. The first-order valence-corrected chi connectivity index (χ1v) is 9.48. The molecule has 3 rings (SSSR count). The number of amides is 1. The highest BCUT2D eigenvalue weighted by Gasteiger charge is 2.18. The summed E-state index contributed by atoms with van der Waals surface area (Å²) in [5.41, 5.74) is 2.69. The lowest BCUT2D eigenvalue weighted by atomic mass is 9.94. The van der Waals surface area contributed by atoms with E-state index in [4.69, 9.17) is 11.6 Å². The average Bonchev–Trinajstić information content (AvgIpc) is 2.68. The van der Waals surface area contributed by atoms with E-state index in [0.717, 1.165) is 34.6 Å². The third-order valence-electron chi connectivity index (χ3n) is 4.78. The average molecular weight is 380 g/mol. The van der Waals surface area contributed by atoms with Crippen LogP contribution < -0.4 is 5.32 Å². The van der Waals surface area contributed by atoms with E-state index < -0.39 is 0 Å². The molecule has 27 heavy (non-hydrogen) atoms. The maximum absolute atomic E-state index is 12.9. The van der Waals surface area contributed by atoms with Gasteiger partial charge in [-0.25, -0.2) is 0 Å². The Morgan fingerprint density at radius 1 is 1.11 bits per heavy atom. The highest BCUT2D eigenvalue weighted by molar-refractivity contribution is 6.31. The van der Waals surface area contributed by atoms with Crippen LogP contribution in [0.5, 0.6) is 0 Å². The Morgan fingerprint density at radius 3 is 2.70 bits per heavy atom. The molecule has 0 aliphatic rings. The van der Waals surface area contributed by atoms with Gasteiger partial charge in [-0.1, -0.05) is 60.1 Å². The molecule has 0 radical (unpaired) electrons. The molecule has 3 aromatic rings. The van der Waals surface area contributed by atoms with Crippen molar-refractivity contribution >= 4 is 40.3 Å². The van der Waals surface area contributed by atoms with Crippen molar-refractivity contribution < 1.29 is 9.59 Å². The van der Waals surface area contributed by atoms with Crippen molar-refractivity contribution in [2.24, 2.45) is 0 Å². The van der Waals surface area contributed by atoms with Gasteiger partial charge in [0.25, 0.3) is 0 Å². The van der Waals surface area contributed by atoms with E-state index >= 15 is 0 Å². The molecule has 0 bridgehead atoms. The first-order valence-electron chi connectivity index (χ1n) is 9.10. The van der Waals surface area contributed by atoms with Crippen molar-refractivity contribution in [3.63, 3.8) is 0 Å². The highest BCUT2D eigenvalue weighted by Crippen LogP contribution is 2.28. The molecule has 0 fully saturated rings. The van der Waals surface area contributed by atoms with Crippen LogP contribution in [-0.2, 0) is 16.0 Å². The van der Waals surface area contributed by atoms with Gasteiger partial charge in [-0.05, 0) is 53.8 Å². The number of unbranched alkanes of at least 4 members (excludes halogenated alkanes) is 1. The fourth-order valence-corrected chi connectivity index (χ4v) is 3.44. The summed E-state index contributed by atoms with van der Waals surface area (Å²) in [7, 11) is 0. The van der Waals surface area contributed by atoms with Gasteiger partial charge in [0.05, 0.1) is 5.92 Å². The molecule has 0 aromatic heterocycles. The standard InChI is InChI=1S/C23H22ClNO2/c1-16(20-11-6-9-17-7-2-3-10-21(17)20)23(27)25-22-15-19(24)13-12-18(22)8-4-5-14-26/h2-3,6-7,9-16H,4-5,8H2,1H3,(H,25,27). The molecule has 0 heterocycles. The predicted molar refractivity (Wildman–Crippen MR) is 111 cm³/mol. The first kappa shape index (κ1) is 19.1. The molecular weight excluding hydrogens is 358 g/mol. The summed E-state index contributed by atoms with van der Waals surface area (Å²) in [5.74, 6) is -0.386. The van der Waals surface area contributed by atoms with E-state index in [2.05, 4.69) is 5.32 Å². The van der Waals surface area contributed by atoms with Crippen LogP contribution in [0.1, 0.15) is 36.8 Å². The van der Waals surface area contributed by atoms with E-state index in [9.17, 15) is 9.59 Å². The van der Waals surface area contributed by atoms with Gasteiger partial charge in [0, 0.05) is 17.1 Å². The van der Waals surface area contributed by atoms with Crippen LogP contribution in [0.4, 0.5) is 5.69 Å². The van der Waals surface area contributed by atoms with Crippen LogP contribution in [0, 0.1) is 0 Å². The van der Waals surface area contributed by atoms with E-state index in [1.54, 1.807) is 6.07 Å². The van der Waals surface area contributed by atoms with Gasteiger partial charge in [0.2, 0.25) is 5.91 Å². The predicted octanol–water partition coefficient (Wildman–Crippen LogP) is 5.76. The van der Waals surface area contributed by atoms with Gasteiger partial charge in [-0.15, -0.1) is 0 Å². The minimum atomic E-state index is -0.307. The SMILES string of the molecule is CC(C(=O)Nc1cc(Cl)ccc1CCCC=O)c1cccc2ccccc12. The second kappa shape index (κ2) is 8.83. The first-order chi connectivity index (χ1) is 13.1. The fraction of sp³-hybridized carbons (Fsp3) is 0.217. The lowest BCUT2D eigenvalue weighted by Crippen LogP contribution is -2.20. The molecular formula is C23H22ClNO2. The normalized spacial score (nSPS) is 11.9. The zero-order valence-electron chi connectivity index (χ0n) is 15.2. The van der Waals surface area contributed by atoms with Gasteiger partial charge >= 0.3 is 0 Å². The molecule has 0 spiro atoms. The molecule has 0 aliphatic carbocycles. The summed E-state index contributed by atoms with van der Waals surface area (Å²) in [6, 6.07) is 19.6. The number of hydrogen-bond donors (Lipinski definition) is 1. The van der Waals surface area contributed by atoms with Gasteiger partial charge in [0.15, 0.2) is 0 Å². The Kier molecular flexibility index (Phi) is 6.25. The van der Waals surface area contributed by atoms with Gasteiger partial charge < -0.3 is 10.1 Å². The van der Waals surface area contributed by atoms with Crippen LogP contribution in [0.25, 0.3) is 10.8 Å². The van der Waals surface area contributed by atoms with Crippen molar-refractivity contribution in [1.82, 2.24) is 0 Å². The second-order valence-corrected chi connectivity index (χ2v) is 7.08. The number of halogens is 1. The minimum Gasteiger partial charge on any atom is -0.325 e. The van der Waals surface area contributed by atoms with Crippen LogP contribution in [0.15, 0.2) is 60.7 Å². The quantitative estimate of drug-likeness (QED) is 0.419. The number of nitrogens with one attached hydrogen (secondary N) is 1. The number of aldehydes is 1. The van der Waals surface area contributed by atoms with E-state index in [0.29, 0.717) is 23.6 Å². The zero-order chi connectivity index (χ0) is 19.2. The summed E-state index contributed by atoms with van der Waals surface area (Å²) in [4.78, 5) is 23.5. The summed E-state index contributed by atoms with van der Waals surface area (Å²) in [6.45, 7) is 1.91. The number of benzene rings is 3. The summed E-state index contributed by atoms with van der Waals surface area (Å²) >= 11 is 6.13. The van der Waals surface area contributed by atoms with Crippen LogP contribution in [0.2, 0.25) is 5.02 Å². The lowest BCUT2D eigenvalue weighted by Gasteiger charge is -2.17. The van der Waals surface area contributed by atoms with Crippen molar-refractivity contribution in [3.05, 3.63) is 76.8 Å². The van der Waals surface area contributed by atoms with E-state index in [1.165, 1.54) is 0 Å². The van der Waals surface area contributed by atoms with Crippen molar-refractivity contribution in [1.29, 1.82) is 0 Å². The zero-order valence-corrected chi connectivity index (χ0v) is 16.0. The van der Waals surface area contributed by atoms with Gasteiger partial charge in [-0.3, -0.25) is 4.79 Å². The summed E-state index contributed by atoms with van der Waals surface area (Å²) < 4.78 is 0. The van der Waals surface area contributed by atoms with Crippen LogP contribution in [0.3, 0.4) is 0 Å². The van der Waals surface area contributed by atoms with Crippen LogP contribution in [-0.4, -0.2) is 12.2 Å². The van der Waals surface area contributed by atoms with Crippen LogP contribution >= 0.6 is 11.6 Å². The number of aryl methyl sites for hydroxylation is 1. The minimum absolute atomic E-state index is 0.0785. The molecule has 1 atom stereocenters. The Bertz CT molecular complexity index is 962. The Morgan fingerprint density at radius 2 is 1.89 bits per heavy atom. The lowest BCUT2D eigenvalue weighted by molar-refractivity contribution is -0.117. The van der Waals surface area contributed by atoms with Crippen molar-refractivity contribution in [3.8, 4) is 0 Å². The largest absolute Gasteiger partial charge is 0.325 e. The third kappa shape index (κ3) is 4.55. The maximum atomic E-state index is 12.9. The molecule has 1 unspecified atom stereocenters. The third-order valence-corrected chi connectivity index (χ3v) is 5.02. The second-order valence-electron chi connectivity index (χ2n) is 6.64. The summed E-state index contributed by atoms with van der Waals surface area (Å²) in [5, 5.41) is 5.80. The molecule has 4 heteroatoms. The Hall–Kier alpha value is -2.65. The summed E-state index contributed by atoms with van der Waals surface area (Å²) in [6.07, 6.45) is 2.88. The van der Waals surface area contributed by atoms with Crippen molar-refractivity contribution in [2.45, 2.75) is 32.1 Å². The van der Waals surface area contributed by atoms with E-state index in [-0.39, 0.29) is 11.8 Å². The topological polar surface area (TPSA) is 46.2 Å². The number of carbonyl (C=O) groups is 2. The van der Waals surface area contributed by atoms with Gasteiger partial charge in [0.1, 0.15) is 6.29 Å². The van der Waals surface area contributed by atoms with E-state index in [1.807, 2.05) is 61.5 Å². The molecule has 1 amide bonds. The van der Waals surface area contributed by atoms with Gasteiger partial charge in [-0.2, -0.15) is 0 Å². The Labute approximate surface area is 164 Å². The fourth-order valence-electron chi connectivity index (χ4n) is 3.27. The highest BCUT2D eigenvalue weighted by atomic mass is 35.5. The molecule has 1 N–H and O–H groups in total. The smallest absolute Gasteiger partial charge is 0.231 e. The molecule has 0 saturated heterocycles. The van der Waals surface area contributed by atoms with Crippen molar-refractivity contribution in [2.75, 3.05) is 5.32 Å². The number of rotatable bonds is 7. The maximum Gasteiger partial charge on any atom is 0.231 e. The monoisotopic (exact) mass is 379 g/mol. The molecule has 0 saturated carbocycles. The molecule has 3 nitrogen and oxygen atoms in total. The number of carbonyl (C=O) groups excluding carboxylic acids is 2. The number of hydrogen-bond acceptors (Lipinski definition) is 2. The molecule has 138 valence electrons.